The molecule has 1 unspecified atom stereocenters. The Labute approximate surface area is 116 Å². The minimum atomic E-state index is -0.761. The lowest BCUT2D eigenvalue weighted by Gasteiger charge is -2.03. The van der Waals surface area contributed by atoms with Crippen LogP contribution in [0.1, 0.15) is 6.92 Å². The van der Waals surface area contributed by atoms with Gasteiger partial charge in [0.1, 0.15) is 0 Å². The van der Waals surface area contributed by atoms with Gasteiger partial charge in [-0.05, 0) is 30.4 Å². The number of nitrogens with one attached hydrogen (secondary N) is 1. The van der Waals surface area contributed by atoms with Gasteiger partial charge in [-0.2, -0.15) is 0 Å². The summed E-state index contributed by atoms with van der Waals surface area (Å²) in [6.45, 7) is 2.62. The molecule has 1 aromatic carbocycles. The molecule has 17 heavy (non-hydrogen) atoms. The van der Waals surface area contributed by atoms with Crippen LogP contribution in [0.4, 0.5) is 0 Å². The Balaban J connectivity index is 2.38. The number of nitrogens with zero attached hydrogens (tertiary/aromatic N) is 1. The zero-order chi connectivity index (χ0) is 12.4. The number of hydrogen-bond donors (Lipinski definition) is 1. The van der Waals surface area contributed by atoms with E-state index in [9.17, 15) is 4.21 Å². The van der Waals surface area contributed by atoms with Crippen LogP contribution in [0.5, 0.6) is 0 Å². The van der Waals surface area contributed by atoms with Gasteiger partial charge in [-0.3, -0.25) is 4.21 Å². The summed E-state index contributed by atoms with van der Waals surface area (Å²) in [5.74, 6) is 1.34. The summed E-state index contributed by atoms with van der Waals surface area (Å²) >= 11 is 8.73. The molecule has 0 saturated carbocycles. The van der Waals surface area contributed by atoms with E-state index in [2.05, 4.69) is 20.9 Å². The summed E-state index contributed by atoms with van der Waals surface area (Å²) < 4.78 is 15.2. The Hall–Kier alpha value is -0.460. The van der Waals surface area contributed by atoms with Crippen molar-refractivity contribution in [3.8, 4) is 0 Å². The molecular formula is C11H13BrN2OS2. The minimum Gasteiger partial charge on any atom is -0.331 e. The highest BCUT2D eigenvalue weighted by Gasteiger charge is 2.06. The van der Waals surface area contributed by atoms with Gasteiger partial charge in [0.25, 0.3) is 0 Å². The zero-order valence-electron chi connectivity index (χ0n) is 9.40. The summed E-state index contributed by atoms with van der Waals surface area (Å²) in [5, 5.41) is 0. The molecule has 92 valence electrons. The van der Waals surface area contributed by atoms with Crippen molar-refractivity contribution in [2.45, 2.75) is 13.5 Å². The summed E-state index contributed by atoms with van der Waals surface area (Å²) in [6, 6.07) is 5.99. The topological polar surface area (TPSA) is 37.8 Å². The molecule has 1 N–H and O–H groups in total. The maximum atomic E-state index is 11.5. The highest BCUT2D eigenvalue weighted by Crippen LogP contribution is 2.19. The van der Waals surface area contributed by atoms with Crippen LogP contribution in [-0.4, -0.2) is 25.3 Å². The van der Waals surface area contributed by atoms with Crippen LogP contribution in [0.3, 0.4) is 0 Å². The first-order valence-corrected chi connectivity index (χ1v) is 8.03. The van der Waals surface area contributed by atoms with Crippen LogP contribution >= 0.6 is 28.1 Å². The second kappa shape index (κ2) is 5.46. The van der Waals surface area contributed by atoms with E-state index < -0.39 is 10.8 Å². The zero-order valence-corrected chi connectivity index (χ0v) is 12.6. The summed E-state index contributed by atoms with van der Waals surface area (Å²) in [4.78, 5) is 3.15. The average Bonchev–Trinajstić information content (AvgIpc) is 2.61. The SMILES string of the molecule is CCS(=O)CCn1c(=S)[nH]c2ccc(Br)cc21. The molecule has 0 radical (unpaired) electrons. The van der Waals surface area contributed by atoms with E-state index in [1.54, 1.807) is 0 Å². The first kappa shape index (κ1) is 13.0. The highest BCUT2D eigenvalue weighted by atomic mass is 79.9. The molecule has 0 fully saturated rings. The molecule has 0 amide bonds. The minimum absolute atomic E-state index is 0.643. The predicted molar refractivity (Wildman–Crippen MR) is 78.4 cm³/mol. The molecule has 0 aliphatic heterocycles. The van der Waals surface area contributed by atoms with E-state index in [0.717, 1.165) is 15.5 Å². The largest absolute Gasteiger partial charge is 0.331 e. The second-order valence-corrected chi connectivity index (χ2v) is 6.84. The number of rotatable bonds is 4. The van der Waals surface area contributed by atoms with E-state index in [4.69, 9.17) is 12.2 Å². The molecule has 1 aromatic heterocycles. The third-order valence-corrected chi connectivity index (χ3v) is 4.70. The lowest BCUT2D eigenvalue weighted by Crippen LogP contribution is -2.08. The molecule has 0 saturated heterocycles. The molecule has 3 nitrogen and oxygen atoms in total. The number of aromatic amines is 1. The first-order chi connectivity index (χ1) is 8.11. The van der Waals surface area contributed by atoms with E-state index in [1.165, 1.54) is 0 Å². The second-order valence-electron chi connectivity index (χ2n) is 3.68. The summed E-state index contributed by atoms with van der Waals surface area (Å²) in [6.07, 6.45) is 0. The Morgan fingerprint density at radius 2 is 2.29 bits per heavy atom. The van der Waals surface area contributed by atoms with E-state index >= 15 is 0 Å². The smallest absolute Gasteiger partial charge is 0.178 e. The Morgan fingerprint density at radius 1 is 1.53 bits per heavy atom. The molecule has 1 atom stereocenters. The summed E-state index contributed by atoms with van der Waals surface area (Å²) in [5.41, 5.74) is 2.07. The van der Waals surface area contributed by atoms with Crippen molar-refractivity contribution in [2.75, 3.05) is 11.5 Å². The Bertz CT molecular complexity index is 617. The van der Waals surface area contributed by atoms with Crippen LogP contribution in [0, 0.1) is 4.77 Å². The molecule has 0 spiro atoms. The average molecular weight is 333 g/mol. The number of halogens is 1. The van der Waals surface area contributed by atoms with Gasteiger partial charge in [0.2, 0.25) is 0 Å². The molecular weight excluding hydrogens is 320 g/mol. The van der Waals surface area contributed by atoms with Gasteiger partial charge in [0.15, 0.2) is 4.77 Å². The lowest BCUT2D eigenvalue weighted by atomic mass is 10.3. The van der Waals surface area contributed by atoms with E-state index in [-0.39, 0.29) is 0 Å². The van der Waals surface area contributed by atoms with Crippen molar-refractivity contribution < 1.29 is 4.21 Å². The molecule has 1 heterocycles. The normalized spacial score (nSPS) is 13.1. The van der Waals surface area contributed by atoms with Crippen LogP contribution < -0.4 is 0 Å². The standard InChI is InChI=1S/C11H13BrN2OS2/c1-2-17(15)6-5-14-10-7-8(12)3-4-9(10)13-11(14)16/h3-4,7H,2,5-6H2,1H3,(H,13,16). The quantitative estimate of drug-likeness (QED) is 0.873. The van der Waals surface area contributed by atoms with Gasteiger partial charge in [0, 0.05) is 33.3 Å². The number of aryl methyl sites for hydroxylation is 1. The molecule has 2 aromatic rings. The van der Waals surface area contributed by atoms with Crippen molar-refractivity contribution in [3.05, 3.63) is 27.4 Å². The summed E-state index contributed by atoms with van der Waals surface area (Å²) in [7, 11) is -0.761. The van der Waals surface area contributed by atoms with Gasteiger partial charge < -0.3 is 9.55 Å². The molecule has 0 aliphatic carbocycles. The van der Waals surface area contributed by atoms with Crippen LogP contribution in [0.25, 0.3) is 11.0 Å². The third-order valence-electron chi connectivity index (χ3n) is 2.60. The number of fused-ring (bicyclic) bond motifs is 1. The van der Waals surface area contributed by atoms with E-state index in [1.807, 2.05) is 29.7 Å². The van der Waals surface area contributed by atoms with Gasteiger partial charge in [-0.15, -0.1) is 0 Å². The number of hydrogen-bond acceptors (Lipinski definition) is 2. The molecule has 2 rings (SSSR count). The van der Waals surface area contributed by atoms with Gasteiger partial charge in [-0.1, -0.05) is 22.9 Å². The number of aromatic nitrogens is 2. The highest BCUT2D eigenvalue weighted by molar-refractivity contribution is 9.10. The van der Waals surface area contributed by atoms with Gasteiger partial charge in [-0.25, -0.2) is 0 Å². The van der Waals surface area contributed by atoms with Crippen LogP contribution in [-0.2, 0) is 17.3 Å². The van der Waals surface area contributed by atoms with Crippen molar-refractivity contribution in [3.63, 3.8) is 0 Å². The third kappa shape index (κ3) is 2.86. The van der Waals surface area contributed by atoms with Crippen molar-refractivity contribution in [1.29, 1.82) is 0 Å². The van der Waals surface area contributed by atoms with E-state index in [0.29, 0.717) is 22.8 Å². The number of benzene rings is 1. The van der Waals surface area contributed by atoms with Gasteiger partial charge >= 0.3 is 0 Å². The maximum Gasteiger partial charge on any atom is 0.178 e. The fourth-order valence-electron chi connectivity index (χ4n) is 1.69. The molecule has 0 aliphatic rings. The predicted octanol–water partition coefficient (Wildman–Crippen LogP) is 3.23. The molecule has 6 heteroatoms. The van der Waals surface area contributed by atoms with Crippen molar-refractivity contribution in [1.82, 2.24) is 9.55 Å². The fraction of sp³-hybridized carbons (Fsp3) is 0.364. The fourth-order valence-corrected chi connectivity index (χ4v) is 3.01. The molecule has 0 bridgehead atoms. The Morgan fingerprint density at radius 3 is 3.00 bits per heavy atom. The maximum absolute atomic E-state index is 11.5. The van der Waals surface area contributed by atoms with Crippen LogP contribution in [0.15, 0.2) is 22.7 Å². The first-order valence-electron chi connectivity index (χ1n) is 5.35. The van der Waals surface area contributed by atoms with Crippen LogP contribution in [0.2, 0.25) is 0 Å². The van der Waals surface area contributed by atoms with Gasteiger partial charge in [0.05, 0.1) is 11.0 Å². The Kier molecular flexibility index (Phi) is 4.17. The van der Waals surface area contributed by atoms with Crippen molar-refractivity contribution in [2.24, 2.45) is 0 Å². The lowest BCUT2D eigenvalue weighted by molar-refractivity contribution is 0.675. The monoisotopic (exact) mass is 332 g/mol. The van der Waals surface area contributed by atoms with Crippen molar-refractivity contribution >= 4 is 50.0 Å². The number of imidazole rings is 1. The number of H-pyrrole nitrogens is 1.